The molecule has 2 aromatic rings. The van der Waals surface area contributed by atoms with Crippen molar-refractivity contribution in [3.05, 3.63) is 53.1 Å². The second kappa shape index (κ2) is 10.9. The lowest BCUT2D eigenvalue weighted by molar-refractivity contribution is 0.0389. The number of halogens is 1. The number of aliphatic hydroxyl groups excluding tert-OH is 1. The molecule has 0 fully saturated rings. The van der Waals surface area contributed by atoms with Gasteiger partial charge in [-0.25, -0.2) is 21.1 Å². The third-order valence-electron chi connectivity index (χ3n) is 6.06. The molecule has 13 heteroatoms. The lowest BCUT2D eigenvalue weighted by atomic mass is 9.99. The van der Waals surface area contributed by atoms with E-state index in [1.54, 1.807) is 13.8 Å². The lowest BCUT2D eigenvalue weighted by Crippen LogP contribution is -2.50. The molecule has 1 heterocycles. The van der Waals surface area contributed by atoms with Crippen LogP contribution in [0.25, 0.3) is 0 Å². The second-order valence-corrected chi connectivity index (χ2v) is 13.1. The third-order valence-corrected chi connectivity index (χ3v) is 8.98. The molecule has 1 amide bonds. The predicted octanol–water partition coefficient (Wildman–Crippen LogP) is 2.25. The number of aliphatic hydroxyl groups is 1. The SMILES string of the molecule is C[C@H](CO)N1C[C@H](C)[C@H](CN(C)S(C)(=O)=O)Oc2c(NS(=O)(=O)c3ccc(Cl)cc3)cccc2C1=O. The molecule has 2 aromatic carbocycles. The number of hydrogen-bond acceptors (Lipinski definition) is 7. The Balaban J connectivity index is 2.11. The third kappa shape index (κ3) is 6.30. The Morgan fingerprint density at radius 2 is 1.83 bits per heavy atom. The number of ether oxygens (including phenoxy) is 1. The summed E-state index contributed by atoms with van der Waals surface area (Å²) in [7, 11) is -6.19. The summed E-state index contributed by atoms with van der Waals surface area (Å²) < 4.78 is 60.2. The molecule has 3 rings (SSSR count). The Kier molecular flexibility index (Phi) is 8.56. The lowest BCUT2D eigenvalue weighted by Gasteiger charge is -2.38. The molecule has 36 heavy (non-hydrogen) atoms. The van der Waals surface area contributed by atoms with Crippen molar-refractivity contribution in [2.24, 2.45) is 5.92 Å². The van der Waals surface area contributed by atoms with Crippen molar-refractivity contribution in [3.8, 4) is 5.75 Å². The van der Waals surface area contributed by atoms with E-state index in [1.165, 1.54) is 54.4 Å². The van der Waals surface area contributed by atoms with Gasteiger partial charge in [-0.3, -0.25) is 9.52 Å². The van der Waals surface area contributed by atoms with Crippen LogP contribution in [0.1, 0.15) is 24.2 Å². The molecule has 0 bridgehead atoms. The highest BCUT2D eigenvalue weighted by atomic mass is 35.5. The number of likely N-dealkylation sites (N-methyl/N-ethyl adjacent to an activating group) is 1. The average Bonchev–Trinajstić information content (AvgIpc) is 2.80. The number of para-hydroxylation sites is 1. The smallest absolute Gasteiger partial charge is 0.262 e. The number of nitrogens with zero attached hydrogens (tertiary/aromatic N) is 2. The molecule has 0 unspecified atom stereocenters. The summed E-state index contributed by atoms with van der Waals surface area (Å²) in [5.41, 5.74) is 0.110. The van der Waals surface area contributed by atoms with Crippen LogP contribution in [0.5, 0.6) is 5.75 Å². The second-order valence-electron chi connectivity index (χ2n) is 8.91. The van der Waals surface area contributed by atoms with Gasteiger partial charge in [0.1, 0.15) is 6.10 Å². The number of anilines is 1. The fraction of sp³-hybridized carbons (Fsp3) is 0.435. The number of amides is 1. The Hall–Kier alpha value is -2.38. The number of rotatable bonds is 8. The van der Waals surface area contributed by atoms with E-state index in [0.29, 0.717) is 5.02 Å². The summed E-state index contributed by atoms with van der Waals surface area (Å²) in [5, 5.41) is 10.1. The average molecular weight is 560 g/mol. The van der Waals surface area contributed by atoms with Crippen molar-refractivity contribution in [3.63, 3.8) is 0 Å². The highest BCUT2D eigenvalue weighted by molar-refractivity contribution is 7.92. The largest absolute Gasteiger partial charge is 0.486 e. The topological polar surface area (TPSA) is 133 Å². The number of nitrogens with one attached hydrogen (secondary N) is 1. The molecule has 198 valence electrons. The van der Waals surface area contributed by atoms with Gasteiger partial charge in [-0.05, 0) is 43.3 Å². The number of carbonyl (C=O) groups is 1. The zero-order valence-corrected chi connectivity index (χ0v) is 22.8. The number of benzene rings is 2. The Labute approximate surface area is 216 Å². The fourth-order valence-corrected chi connectivity index (χ4v) is 5.35. The fourth-order valence-electron chi connectivity index (χ4n) is 3.75. The number of fused-ring (bicyclic) bond motifs is 1. The van der Waals surface area contributed by atoms with E-state index >= 15 is 0 Å². The van der Waals surface area contributed by atoms with E-state index in [-0.39, 0.29) is 47.5 Å². The van der Waals surface area contributed by atoms with Crippen LogP contribution < -0.4 is 9.46 Å². The summed E-state index contributed by atoms with van der Waals surface area (Å²) in [6, 6.07) is 9.53. The van der Waals surface area contributed by atoms with Crippen LogP contribution in [0.4, 0.5) is 5.69 Å². The van der Waals surface area contributed by atoms with Gasteiger partial charge in [0.2, 0.25) is 10.0 Å². The van der Waals surface area contributed by atoms with Crippen molar-refractivity contribution >= 4 is 43.2 Å². The maximum Gasteiger partial charge on any atom is 0.262 e. The summed E-state index contributed by atoms with van der Waals surface area (Å²) >= 11 is 5.88. The van der Waals surface area contributed by atoms with E-state index in [1.807, 2.05) is 0 Å². The van der Waals surface area contributed by atoms with Crippen LogP contribution in [0.15, 0.2) is 47.4 Å². The number of hydrogen-bond donors (Lipinski definition) is 2. The van der Waals surface area contributed by atoms with Gasteiger partial charge in [-0.15, -0.1) is 0 Å². The highest BCUT2D eigenvalue weighted by Gasteiger charge is 2.35. The minimum atomic E-state index is -4.07. The van der Waals surface area contributed by atoms with Crippen LogP contribution in [-0.2, 0) is 20.0 Å². The standard InChI is InChI=1S/C23H30ClN3O7S2/c1-15-12-27(16(2)14-28)23(29)19-6-5-7-20(22(19)34-21(15)13-26(3)35(4,30)31)25-36(32,33)18-10-8-17(24)9-11-18/h5-11,15-16,21,25,28H,12-14H2,1-4H3/t15-,16+,21-/m0/s1. The molecule has 0 radical (unpaired) electrons. The van der Waals surface area contributed by atoms with E-state index in [2.05, 4.69) is 4.72 Å². The number of carbonyl (C=O) groups excluding carboxylic acids is 1. The predicted molar refractivity (Wildman–Crippen MR) is 137 cm³/mol. The molecule has 1 aliphatic rings. The molecular weight excluding hydrogens is 530 g/mol. The molecule has 0 saturated heterocycles. The van der Waals surface area contributed by atoms with Gasteiger partial charge >= 0.3 is 0 Å². The summed E-state index contributed by atoms with van der Waals surface area (Å²) in [5.74, 6) is -0.823. The van der Waals surface area contributed by atoms with E-state index in [0.717, 1.165) is 10.6 Å². The van der Waals surface area contributed by atoms with Gasteiger partial charge in [-0.1, -0.05) is 24.6 Å². The van der Waals surface area contributed by atoms with Crippen LogP contribution in [0, 0.1) is 5.92 Å². The first-order valence-electron chi connectivity index (χ1n) is 11.2. The Morgan fingerprint density at radius 3 is 2.42 bits per heavy atom. The molecule has 0 saturated carbocycles. The Bertz CT molecular complexity index is 1320. The maximum atomic E-state index is 13.5. The number of sulfonamides is 2. The van der Waals surface area contributed by atoms with Gasteiger partial charge in [0.05, 0.1) is 41.6 Å². The normalized spacial score (nSPS) is 19.8. The molecule has 0 spiro atoms. The summed E-state index contributed by atoms with van der Waals surface area (Å²) in [6.07, 6.45) is 0.343. The van der Waals surface area contributed by atoms with Crippen LogP contribution in [0.2, 0.25) is 5.02 Å². The van der Waals surface area contributed by atoms with E-state index < -0.39 is 38.1 Å². The van der Waals surface area contributed by atoms with Crippen LogP contribution >= 0.6 is 11.6 Å². The Morgan fingerprint density at radius 1 is 1.19 bits per heavy atom. The monoisotopic (exact) mass is 559 g/mol. The molecule has 0 aliphatic carbocycles. The van der Waals surface area contributed by atoms with Crippen molar-refractivity contribution in [1.29, 1.82) is 0 Å². The first kappa shape index (κ1) is 28.2. The van der Waals surface area contributed by atoms with Crippen molar-refractivity contribution in [1.82, 2.24) is 9.21 Å². The van der Waals surface area contributed by atoms with E-state index in [9.17, 15) is 26.7 Å². The first-order valence-corrected chi connectivity index (χ1v) is 14.9. The highest BCUT2D eigenvalue weighted by Crippen LogP contribution is 2.36. The van der Waals surface area contributed by atoms with Crippen molar-refractivity contribution in [2.75, 3.05) is 37.7 Å². The summed E-state index contributed by atoms with van der Waals surface area (Å²) in [4.78, 5) is 14.9. The van der Waals surface area contributed by atoms with Gasteiger partial charge in [0.15, 0.2) is 5.75 Å². The van der Waals surface area contributed by atoms with Crippen molar-refractivity contribution < 1.29 is 31.5 Å². The minimum Gasteiger partial charge on any atom is -0.486 e. The zero-order valence-electron chi connectivity index (χ0n) is 20.4. The summed E-state index contributed by atoms with van der Waals surface area (Å²) in [6.45, 7) is 3.37. The van der Waals surface area contributed by atoms with Crippen LogP contribution in [0.3, 0.4) is 0 Å². The van der Waals surface area contributed by atoms with Gasteiger partial charge in [0.25, 0.3) is 15.9 Å². The molecule has 0 aromatic heterocycles. The molecular formula is C23H30ClN3O7S2. The van der Waals surface area contributed by atoms with Gasteiger partial charge < -0.3 is 14.7 Å². The van der Waals surface area contributed by atoms with Crippen molar-refractivity contribution in [2.45, 2.75) is 30.9 Å². The van der Waals surface area contributed by atoms with Gasteiger partial charge in [-0.2, -0.15) is 0 Å². The molecule has 2 N–H and O–H groups in total. The first-order chi connectivity index (χ1) is 16.7. The molecule has 10 nitrogen and oxygen atoms in total. The van der Waals surface area contributed by atoms with Gasteiger partial charge in [0, 0.05) is 24.5 Å². The zero-order chi connectivity index (χ0) is 26.8. The quantitative estimate of drug-likeness (QED) is 0.506. The molecule has 1 aliphatic heterocycles. The van der Waals surface area contributed by atoms with E-state index in [4.69, 9.17) is 16.3 Å². The maximum absolute atomic E-state index is 13.5. The molecule has 3 atom stereocenters. The van der Waals surface area contributed by atoms with Crippen LogP contribution in [-0.4, -0.2) is 82.2 Å². The minimum absolute atomic E-state index is 0.0198.